The number of ether oxygens (including phenoxy) is 1. The zero-order valence-electron chi connectivity index (χ0n) is 17.4. The molecule has 30 heavy (non-hydrogen) atoms. The third kappa shape index (κ3) is 4.50. The lowest BCUT2D eigenvalue weighted by Crippen LogP contribution is -2.51. The van der Waals surface area contributed by atoms with Gasteiger partial charge in [-0.1, -0.05) is 30.3 Å². The van der Waals surface area contributed by atoms with Crippen molar-refractivity contribution in [2.75, 3.05) is 57.8 Å². The third-order valence-electron chi connectivity index (χ3n) is 5.79. The number of urea groups is 1. The molecular formula is C23H28N4O3. The first-order chi connectivity index (χ1) is 14.6. The number of hydrogen-bond donors (Lipinski definition) is 0. The Morgan fingerprint density at radius 3 is 2.20 bits per heavy atom. The molecule has 2 saturated heterocycles. The van der Waals surface area contributed by atoms with E-state index in [1.165, 1.54) is 0 Å². The van der Waals surface area contributed by atoms with Crippen molar-refractivity contribution >= 4 is 17.6 Å². The average molecular weight is 409 g/mol. The molecule has 0 saturated carbocycles. The molecule has 2 aromatic carbocycles. The lowest BCUT2D eigenvalue weighted by molar-refractivity contribution is -0.131. The standard InChI is InChI=1S/C23H28N4O3/c1-30-21-9-7-20(8-10-21)24-11-13-25(14-12-24)22(28)18-27-16-15-26(23(27)29)17-19-5-3-2-4-6-19/h2-10H,11-18H2,1H3. The first kappa shape index (κ1) is 20.1. The fraction of sp³-hybridized carbons (Fsp3) is 0.391. The number of hydrogen-bond acceptors (Lipinski definition) is 4. The van der Waals surface area contributed by atoms with E-state index >= 15 is 0 Å². The fourth-order valence-corrected chi connectivity index (χ4v) is 4.00. The van der Waals surface area contributed by atoms with Crippen LogP contribution in [0.25, 0.3) is 0 Å². The van der Waals surface area contributed by atoms with Gasteiger partial charge in [-0.25, -0.2) is 4.79 Å². The topological polar surface area (TPSA) is 56.3 Å². The van der Waals surface area contributed by atoms with Crippen molar-refractivity contribution in [1.82, 2.24) is 14.7 Å². The quantitative estimate of drug-likeness (QED) is 0.736. The zero-order valence-corrected chi connectivity index (χ0v) is 17.4. The van der Waals surface area contributed by atoms with Crippen LogP contribution in [0.2, 0.25) is 0 Å². The molecule has 0 bridgehead atoms. The summed E-state index contributed by atoms with van der Waals surface area (Å²) in [7, 11) is 1.66. The van der Waals surface area contributed by atoms with Crippen LogP contribution >= 0.6 is 0 Å². The maximum Gasteiger partial charge on any atom is 0.320 e. The summed E-state index contributed by atoms with van der Waals surface area (Å²) in [6, 6.07) is 17.9. The van der Waals surface area contributed by atoms with E-state index in [1.54, 1.807) is 12.0 Å². The molecule has 0 atom stereocenters. The minimum Gasteiger partial charge on any atom is -0.497 e. The minimum atomic E-state index is -0.0518. The van der Waals surface area contributed by atoms with E-state index in [9.17, 15) is 9.59 Å². The van der Waals surface area contributed by atoms with Gasteiger partial charge in [0.1, 0.15) is 12.3 Å². The van der Waals surface area contributed by atoms with Crippen LogP contribution in [-0.4, -0.2) is 79.6 Å². The number of methoxy groups -OCH3 is 1. The molecule has 0 N–H and O–H groups in total. The van der Waals surface area contributed by atoms with Crippen LogP contribution in [-0.2, 0) is 11.3 Å². The Morgan fingerprint density at radius 1 is 0.867 bits per heavy atom. The van der Waals surface area contributed by atoms with Crippen LogP contribution in [0.1, 0.15) is 5.56 Å². The summed E-state index contributed by atoms with van der Waals surface area (Å²) in [6.07, 6.45) is 0. The van der Waals surface area contributed by atoms with Gasteiger partial charge in [0.05, 0.1) is 7.11 Å². The summed E-state index contributed by atoms with van der Waals surface area (Å²) >= 11 is 0. The van der Waals surface area contributed by atoms with Crippen LogP contribution < -0.4 is 9.64 Å². The van der Waals surface area contributed by atoms with Crippen molar-refractivity contribution in [3.05, 3.63) is 60.2 Å². The molecule has 158 valence electrons. The Hall–Kier alpha value is -3.22. The maximum atomic E-state index is 12.8. The van der Waals surface area contributed by atoms with Gasteiger partial charge in [0.15, 0.2) is 0 Å². The molecule has 7 nitrogen and oxygen atoms in total. The number of carbonyl (C=O) groups is 2. The SMILES string of the molecule is COc1ccc(N2CCN(C(=O)CN3CCN(Cc4ccccc4)C3=O)CC2)cc1. The van der Waals surface area contributed by atoms with Crippen LogP contribution in [0.5, 0.6) is 5.75 Å². The highest BCUT2D eigenvalue weighted by atomic mass is 16.5. The summed E-state index contributed by atoms with van der Waals surface area (Å²) in [5, 5.41) is 0. The van der Waals surface area contributed by atoms with Crippen LogP contribution in [0.4, 0.5) is 10.5 Å². The van der Waals surface area contributed by atoms with Crippen molar-refractivity contribution in [3.63, 3.8) is 0 Å². The van der Waals surface area contributed by atoms with E-state index in [1.807, 2.05) is 64.4 Å². The largest absolute Gasteiger partial charge is 0.497 e. The lowest BCUT2D eigenvalue weighted by atomic mass is 10.2. The van der Waals surface area contributed by atoms with Gasteiger partial charge in [-0.2, -0.15) is 0 Å². The van der Waals surface area contributed by atoms with Crippen molar-refractivity contribution in [1.29, 1.82) is 0 Å². The Kier molecular flexibility index (Phi) is 6.07. The second-order valence-corrected chi connectivity index (χ2v) is 7.68. The van der Waals surface area contributed by atoms with E-state index in [0.29, 0.717) is 32.7 Å². The molecule has 0 radical (unpaired) electrons. The van der Waals surface area contributed by atoms with Gasteiger partial charge in [-0.15, -0.1) is 0 Å². The summed E-state index contributed by atoms with van der Waals surface area (Å²) in [6.45, 7) is 4.91. The number of anilines is 1. The zero-order chi connectivity index (χ0) is 20.9. The monoisotopic (exact) mass is 408 g/mol. The van der Waals surface area contributed by atoms with Crippen molar-refractivity contribution in [2.24, 2.45) is 0 Å². The molecule has 7 heteroatoms. The summed E-state index contributed by atoms with van der Waals surface area (Å²) in [5.74, 6) is 0.864. The number of benzene rings is 2. The fourth-order valence-electron chi connectivity index (χ4n) is 4.00. The average Bonchev–Trinajstić information content (AvgIpc) is 3.13. The second kappa shape index (κ2) is 9.07. The van der Waals surface area contributed by atoms with E-state index in [2.05, 4.69) is 4.90 Å². The summed E-state index contributed by atoms with van der Waals surface area (Å²) in [4.78, 5) is 33.1. The third-order valence-corrected chi connectivity index (χ3v) is 5.79. The number of rotatable bonds is 6. The molecule has 0 spiro atoms. The normalized spacial score (nSPS) is 16.9. The molecule has 0 unspecified atom stereocenters. The van der Waals surface area contributed by atoms with Crippen LogP contribution in [0.3, 0.4) is 0 Å². The van der Waals surface area contributed by atoms with Gasteiger partial charge < -0.3 is 24.3 Å². The number of piperazine rings is 1. The van der Waals surface area contributed by atoms with E-state index in [4.69, 9.17) is 4.74 Å². The Balaban J connectivity index is 1.26. The Morgan fingerprint density at radius 2 is 1.53 bits per heavy atom. The first-order valence-corrected chi connectivity index (χ1v) is 10.4. The van der Waals surface area contributed by atoms with E-state index < -0.39 is 0 Å². The number of carbonyl (C=O) groups excluding carboxylic acids is 2. The molecule has 0 aliphatic carbocycles. The van der Waals surface area contributed by atoms with Gasteiger partial charge in [0, 0.05) is 51.5 Å². The molecule has 2 aromatic rings. The van der Waals surface area contributed by atoms with Gasteiger partial charge >= 0.3 is 6.03 Å². The molecule has 0 aromatic heterocycles. The summed E-state index contributed by atoms with van der Waals surface area (Å²) in [5.41, 5.74) is 2.24. The van der Waals surface area contributed by atoms with Gasteiger partial charge in [0.2, 0.25) is 5.91 Å². The molecule has 2 heterocycles. The molecule has 2 aliphatic heterocycles. The minimum absolute atomic E-state index is 0.0271. The van der Waals surface area contributed by atoms with Gasteiger partial charge in [0.25, 0.3) is 0 Å². The predicted molar refractivity (Wildman–Crippen MR) is 116 cm³/mol. The number of amides is 3. The van der Waals surface area contributed by atoms with Gasteiger partial charge in [-0.3, -0.25) is 4.79 Å². The van der Waals surface area contributed by atoms with E-state index in [0.717, 1.165) is 30.1 Å². The second-order valence-electron chi connectivity index (χ2n) is 7.68. The highest BCUT2D eigenvalue weighted by Crippen LogP contribution is 2.21. The van der Waals surface area contributed by atoms with Crippen molar-refractivity contribution in [2.45, 2.75) is 6.54 Å². The first-order valence-electron chi connectivity index (χ1n) is 10.4. The molecule has 4 rings (SSSR count). The molecule has 2 fully saturated rings. The highest BCUT2D eigenvalue weighted by Gasteiger charge is 2.31. The smallest absolute Gasteiger partial charge is 0.320 e. The predicted octanol–water partition coefficient (Wildman–Crippen LogP) is 2.28. The van der Waals surface area contributed by atoms with Crippen LogP contribution in [0, 0.1) is 0 Å². The van der Waals surface area contributed by atoms with Gasteiger partial charge in [-0.05, 0) is 29.8 Å². The Bertz CT molecular complexity index is 864. The molecule has 2 aliphatic rings. The molecular weight excluding hydrogens is 380 g/mol. The number of nitrogens with zero attached hydrogens (tertiary/aromatic N) is 4. The lowest BCUT2D eigenvalue weighted by Gasteiger charge is -2.36. The van der Waals surface area contributed by atoms with Crippen molar-refractivity contribution in [3.8, 4) is 5.75 Å². The maximum absolute atomic E-state index is 12.8. The van der Waals surface area contributed by atoms with E-state index in [-0.39, 0.29) is 18.5 Å². The summed E-state index contributed by atoms with van der Waals surface area (Å²) < 4.78 is 5.21. The molecule has 3 amide bonds. The van der Waals surface area contributed by atoms with Crippen molar-refractivity contribution < 1.29 is 14.3 Å². The Labute approximate surface area is 177 Å². The highest BCUT2D eigenvalue weighted by molar-refractivity contribution is 5.85. The van der Waals surface area contributed by atoms with Crippen LogP contribution in [0.15, 0.2) is 54.6 Å².